The average Bonchev–Trinajstić information content (AvgIpc) is 3.15. The normalized spacial score (nSPS) is 17.5. The van der Waals surface area contributed by atoms with Crippen LogP contribution in [0.1, 0.15) is 5.56 Å². The third kappa shape index (κ3) is 4.12. The minimum Gasteiger partial charge on any atom is -0.493 e. The van der Waals surface area contributed by atoms with E-state index < -0.39 is 4.92 Å². The first-order chi connectivity index (χ1) is 15.5. The Bertz CT molecular complexity index is 1090. The number of non-ortho nitro benzene ring substituents is 1. The number of carbonyl (C=O) groups is 1. The van der Waals surface area contributed by atoms with Crippen LogP contribution < -0.4 is 14.5 Å². The number of anilines is 1. The number of hydrogen-bond acceptors (Lipinski definition) is 8. The summed E-state index contributed by atoms with van der Waals surface area (Å²) in [6, 6.07) is 11.1. The minimum atomic E-state index is -0.486. The Kier molecular flexibility index (Phi) is 6.04. The quantitative estimate of drug-likeness (QED) is 0.401. The lowest BCUT2D eigenvalue weighted by atomic mass is 10.1. The van der Waals surface area contributed by atoms with Crippen LogP contribution in [-0.4, -0.2) is 62.1 Å². The van der Waals surface area contributed by atoms with E-state index in [-0.39, 0.29) is 11.6 Å². The summed E-state index contributed by atoms with van der Waals surface area (Å²) in [7, 11) is 3.11. The number of nitro groups is 1. The first kappa shape index (κ1) is 21.3. The molecule has 1 saturated heterocycles. The summed E-state index contributed by atoms with van der Waals surface area (Å²) in [4.78, 5) is 25.8. The number of morpholine rings is 1. The van der Waals surface area contributed by atoms with E-state index >= 15 is 0 Å². The zero-order chi connectivity index (χ0) is 22.7. The zero-order valence-electron chi connectivity index (χ0n) is 17.7. The Balaban J connectivity index is 1.73. The van der Waals surface area contributed by atoms with Gasteiger partial charge in [-0.05, 0) is 35.9 Å². The van der Waals surface area contributed by atoms with Gasteiger partial charge in [-0.2, -0.15) is 5.01 Å². The molecule has 1 fully saturated rings. The molecular formula is C22H22N4O6. The van der Waals surface area contributed by atoms with E-state index in [0.717, 1.165) is 5.56 Å². The molecule has 10 heteroatoms. The standard InChI is InChI=1S/C22H22N4O6/c1-30-19-8-3-15(14-20(19)31-2)13-18-21(24-9-11-32-12-10-24)23-25(22(18)27)16-4-6-17(7-5-16)26(28)29/h3-8,13-14H,9-12H2,1-2H3/b18-13-. The molecular weight excluding hydrogens is 416 g/mol. The van der Waals surface area contributed by atoms with Crippen LogP contribution in [0.5, 0.6) is 11.5 Å². The van der Waals surface area contributed by atoms with Gasteiger partial charge < -0.3 is 19.1 Å². The first-order valence-electron chi connectivity index (χ1n) is 9.96. The number of rotatable bonds is 5. The largest absolute Gasteiger partial charge is 0.493 e. The highest BCUT2D eigenvalue weighted by molar-refractivity contribution is 6.32. The van der Waals surface area contributed by atoms with Crippen molar-refractivity contribution in [3.63, 3.8) is 0 Å². The van der Waals surface area contributed by atoms with Crippen molar-refractivity contribution in [1.29, 1.82) is 0 Å². The van der Waals surface area contributed by atoms with Gasteiger partial charge >= 0.3 is 0 Å². The highest BCUT2D eigenvalue weighted by Gasteiger charge is 2.35. The van der Waals surface area contributed by atoms with Crippen LogP contribution in [0.4, 0.5) is 11.4 Å². The fourth-order valence-corrected chi connectivity index (χ4v) is 3.54. The predicted octanol–water partition coefficient (Wildman–Crippen LogP) is 2.69. The molecule has 4 rings (SSSR count). The summed E-state index contributed by atoms with van der Waals surface area (Å²) in [5.41, 5.74) is 1.55. The summed E-state index contributed by atoms with van der Waals surface area (Å²) in [5.74, 6) is 1.34. The fraction of sp³-hybridized carbons (Fsp3) is 0.273. The van der Waals surface area contributed by atoms with Gasteiger partial charge in [0.15, 0.2) is 17.3 Å². The van der Waals surface area contributed by atoms with E-state index in [9.17, 15) is 14.9 Å². The molecule has 0 N–H and O–H groups in total. The van der Waals surface area contributed by atoms with Crippen LogP contribution in [-0.2, 0) is 9.53 Å². The lowest BCUT2D eigenvalue weighted by Gasteiger charge is -2.28. The van der Waals surface area contributed by atoms with E-state index in [2.05, 4.69) is 5.10 Å². The molecule has 0 spiro atoms. The summed E-state index contributed by atoms with van der Waals surface area (Å²) in [6.45, 7) is 2.27. The molecule has 0 saturated carbocycles. The van der Waals surface area contributed by atoms with Gasteiger partial charge in [-0.1, -0.05) is 6.07 Å². The van der Waals surface area contributed by atoms with Gasteiger partial charge in [-0.15, -0.1) is 5.10 Å². The third-order valence-corrected chi connectivity index (χ3v) is 5.19. The summed E-state index contributed by atoms with van der Waals surface area (Å²) in [6.07, 6.45) is 1.75. The van der Waals surface area contributed by atoms with Gasteiger partial charge in [-0.25, -0.2) is 0 Å². The molecule has 2 aromatic rings. The van der Waals surface area contributed by atoms with E-state index in [0.29, 0.717) is 54.9 Å². The SMILES string of the molecule is COc1ccc(/C=C2\C(=O)N(c3ccc([N+](=O)[O-])cc3)N=C2N2CCOCC2)cc1OC. The number of nitro benzene ring substituents is 1. The molecule has 2 aliphatic rings. The number of methoxy groups -OCH3 is 2. The topological polar surface area (TPSA) is 107 Å². The number of hydrazone groups is 1. The first-order valence-corrected chi connectivity index (χ1v) is 9.96. The van der Waals surface area contributed by atoms with Crippen LogP contribution in [0.25, 0.3) is 6.08 Å². The molecule has 0 atom stereocenters. The van der Waals surface area contributed by atoms with Gasteiger partial charge in [0.1, 0.15) is 0 Å². The van der Waals surface area contributed by atoms with Crippen molar-refractivity contribution in [2.75, 3.05) is 45.5 Å². The monoisotopic (exact) mass is 438 g/mol. The highest BCUT2D eigenvalue weighted by Crippen LogP contribution is 2.31. The van der Waals surface area contributed by atoms with Crippen molar-refractivity contribution in [1.82, 2.24) is 4.90 Å². The van der Waals surface area contributed by atoms with Gasteiger partial charge in [-0.3, -0.25) is 14.9 Å². The van der Waals surface area contributed by atoms with E-state index in [1.165, 1.54) is 29.3 Å². The Morgan fingerprint density at radius 2 is 1.75 bits per heavy atom. The second-order valence-corrected chi connectivity index (χ2v) is 7.09. The van der Waals surface area contributed by atoms with Crippen molar-refractivity contribution in [2.24, 2.45) is 5.10 Å². The lowest BCUT2D eigenvalue weighted by molar-refractivity contribution is -0.384. The van der Waals surface area contributed by atoms with Gasteiger partial charge in [0.2, 0.25) is 0 Å². The van der Waals surface area contributed by atoms with Crippen molar-refractivity contribution in [2.45, 2.75) is 0 Å². The number of benzene rings is 2. The second-order valence-electron chi connectivity index (χ2n) is 7.09. The Morgan fingerprint density at radius 3 is 2.38 bits per heavy atom. The van der Waals surface area contributed by atoms with Gasteiger partial charge in [0, 0.05) is 25.2 Å². The molecule has 2 aliphatic heterocycles. The molecule has 32 heavy (non-hydrogen) atoms. The number of hydrogen-bond donors (Lipinski definition) is 0. The predicted molar refractivity (Wildman–Crippen MR) is 118 cm³/mol. The minimum absolute atomic E-state index is 0.0566. The molecule has 1 amide bonds. The molecule has 166 valence electrons. The molecule has 0 aromatic heterocycles. The maximum atomic E-state index is 13.4. The Morgan fingerprint density at radius 1 is 1.06 bits per heavy atom. The third-order valence-electron chi connectivity index (χ3n) is 5.19. The van der Waals surface area contributed by atoms with E-state index in [4.69, 9.17) is 14.2 Å². The Hall–Kier alpha value is -3.92. The second kappa shape index (κ2) is 9.06. The number of ether oxygens (including phenoxy) is 3. The zero-order valence-corrected chi connectivity index (χ0v) is 17.7. The molecule has 2 aromatic carbocycles. The molecule has 0 unspecified atom stereocenters. The van der Waals surface area contributed by atoms with Crippen LogP contribution in [0, 0.1) is 10.1 Å². The van der Waals surface area contributed by atoms with E-state index in [1.807, 2.05) is 11.0 Å². The van der Waals surface area contributed by atoms with Gasteiger partial charge in [0.05, 0.1) is 43.6 Å². The summed E-state index contributed by atoms with van der Waals surface area (Å²) < 4.78 is 16.1. The van der Waals surface area contributed by atoms with Crippen LogP contribution >= 0.6 is 0 Å². The van der Waals surface area contributed by atoms with Crippen molar-refractivity contribution >= 4 is 29.2 Å². The van der Waals surface area contributed by atoms with Crippen molar-refractivity contribution < 1.29 is 23.9 Å². The van der Waals surface area contributed by atoms with Crippen LogP contribution in [0.3, 0.4) is 0 Å². The fourth-order valence-electron chi connectivity index (χ4n) is 3.54. The number of carbonyl (C=O) groups excluding carboxylic acids is 1. The van der Waals surface area contributed by atoms with Crippen molar-refractivity contribution in [3.8, 4) is 11.5 Å². The molecule has 10 nitrogen and oxygen atoms in total. The maximum Gasteiger partial charge on any atom is 0.282 e. The highest BCUT2D eigenvalue weighted by atomic mass is 16.6. The van der Waals surface area contributed by atoms with Crippen LogP contribution in [0.15, 0.2) is 53.1 Å². The molecule has 0 aliphatic carbocycles. The number of amides is 1. The lowest BCUT2D eigenvalue weighted by Crippen LogP contribution is -2.41. The smallest absolute Gasteiger partial charge is 0.282 e. The van der Waals surface area contributed by atoms with E-state index in [1.54, 1.807) is 32.4 Å². The van der Waals surface area contributed by atoms with Crippen LogP contribution in [0.2, 0.25) is 0 Å². The Labute approximate surface area is 184 Å². The molecule has 0 bridgehead atoms. The number of amidine groups is 1. The molecule has 2 heterocycles. The van der Waals surface area contributed by atoms with Gasteiger partial charge in [0.25, 0.3) is 11.6 Å². The summed E-state index contributed by atoms with van der Waals surface area (Å²) >= 11 is 0. The molecule has 0 radical (unpaired) electrons. The van der Waals surface area contributed by atoms with Crippen molar-refractivity contribution in [3.05, 3.63) is 63.7 Å². The number of nitrogens with zero attached hydrogens (tertiary/aromatic N) is 4. The average molecular weight is 438 g/mol. The summed E-state index contributed by atoms with van der Waals surface area (Å²) in [5, 5.41) is 16.8. The maximum absolute atomic E-state index is 13.4.